The van der Waals surface area contributed by atoms with Crippen LogP contribution in [0.1, 0.15) is 26.2 Å². The molecule has 124 valence electrons. The number of nitrogens with zero attached hydrogens (tertiary/aromatic N) is 1. The van der Waals surface area contributed by atoms with Gasteiger partial charge in [-0.2, -0.15) is 0 Å². The molecule has 0 saturated carbocycles. The predicted octanol–water partition coefficient (Wildman–Crippen LogP) is 2.57. The van der Waals surface area contributed by atoms with Crippen LogP contribution in [0.3, 0.4) is 0 Å². The van der Waals surface area contributed by atoms with Crippen molar-refractivity contribution in [2.75, 3.05) is 25.1 Å². The summed E-state index contributed by atoms with van der Waals surface area (Å²) >= 11 is 1.88. The molecule has 0 aliphatic carbocycles. The molecule has 1 aliphatic heterocycles. The molecule has 1 atom stereocenters. The second-order valence-electron chi connectivity index (χ2n) is 5.83. The molecule has 1 aromatic rings. The largest absolute Gasteiger partial charge is 0.310 e. The lowest BCUT2D eigenvalue weighted by molar-refractivity contribution is 0.277. The summed E-state index contributed by atoms with van der Waals surface area (Å²) in [5.74, 6) is 1.05. The molecule has 6 heteroatoms. The first-order valence-corrected chi connectivity index (χ1v) is 10.7. The van der Waals surface area contributed by atoms with Crippen LogP contribution in [0.4, 0.5) is 0 Å². The second-order valence-corrected chi connectivity index (χ2v) is 8.91. The normalized spacial score (nSPS) is 19.2. The van der Waals surface area contributed by atoms with Gasteiger partial charge in [-0.05, 0) is 31.4 Å². The number of hydrogen-bond donors (Lipinski definition) is 1. The minimum absolute atomic E-state index is 0.430. The van der Waals surface area contributed by atoms with E-state index in [4.69, 9.17) is 0 Å². The van der Waals surface area contributed by atoms with E-state index in [0.717, 1.165) is 25.0 Å². The van der Waals surface area contributed by atoms with Crippen molar-refractivity contribution in [1.29, 1.82) is 0 Å². The first-order chi connectivity index (χ1) is 10.5. The van der Waals surface area contributed by atoms with Crippen LogP contribution in [0.5, 0.6) is 0 Å². The zero-order valence-electron chi connectivity index (χ0n) is 13.4. The van der Waals surface area contributed by atoms with Crippen molar-refractivity contribution in [3.63, 3.8) is 0 Å². The first kappa shape index (κ1) is 17.8. The van der Waals surface area contributed by atoms with Crippen LogP contribution in [0.2, 0.25) is 0 Å². The van der Waals surface area contributed by atoms with E-state index in [2.05, 4.69) is 36.5 Å². The third-order valence-corrected chi connectivity index (χ3v) is 6.56. The molecule has 0 aromatic heterocycles. The fraction of sp³-hybridized carbons (Fsp3) is 0.625. The number of rotatable bonds is 7. The van der Waals surface area contributed by atoms with E-state index in [-0.39, 0.29) is 0 Å². The Morgan fingerprint density at radius 2 is 1.91 bits per heavy atom. The Bertz CT molecular complexity index is 541. The average Bonchev–Trinajstić information content (AvgIpc) is 2.52. The van der Waals surface area contributed by atoms with E-state index in [9.17, 15) is 8.42 Å². The zero-order valence-corrected chi connectivity index (χ0v) is 15.0. The molecule has 0 bridgehead atoms. The molecule has 4 nitrogen and oxygen atoms in total. The first-order valence-electron chi connectivity index (χ1n) is 7.88. The number of hydrogen-bond acceptors (Lipinski definition) is 4. The van der Waals surface area contributed by atoms with Crippen molar-refractivity contribution in [2.24, 2.45) is 0 Å². The Labute approximate surface area is 138 Å². The minimum Gasteiger partial charge on any atom is -0.310 e. The van der Waals surface area contributed by atoms with E-state index in [0.29, 0.717) is 25.2 Å². The van der Waals surface area contributed by atoms with Crippen molar-refractivity contribution in [3.05, 3.63) is 30.3 Å². The molecule has 1 fully saturated rings. The fourth-order valence-corrected chi connectivity index (χ4v) is 4.63. The summed E-state index contributed by atoms with van der Waals surface area (Å²) in [6, 6.07) is 11.4. The van der Waals surface area contributed by atoms with Gasteiger partial charge in [0.25, 0.3) is 0 Å². The van der Waals surface area contributed by atoms with Gasteiger partial charge >= 0.3 is 0 Å². The smallest absolute Gasteiger partial charge is 0.211 e. The fourth-order valence-electron chi connectivity index (χ4n) is 2.68. The van der Waals surface area contributed by atoms with Gasteiger partial charge in [-0.1, -0.05) is 25.1 Å². The van der Waals surface area contributed by atoms with Crippen LogP contribution in [0.15, 0.2) is 35.2 Å². The van der Waals surface area contributed by atoms with Crippen molar-refractivity contribution >= 4 is 21.8 Å². The maximum atomic E-state index is 11.5. The number of sulfonamides is 1. The van der Waals surface area contributed by atoms with Gasteiger partial charge in [-0.25, -0.2) is 12.7 Å². The molecule has 0 spiro atoms. The highest BCUT2D eigenvalue weighted by atomic mass is 32.2. The van der Waals surface area contributed by atoms with Crippen molar-refractivity contribution < 1.29 is 8.42 Å². The average molecular weight is 343 g/mol. The summed E-state index contributed by atoms with van der Waals surface area (Å²) in [5.41, 5.74) is 0. The maximum Gasteiger partial charge on any atom is 0.211 e. The third-order valence-electron chi connectivity index (χ3n) is 4.08. The van der Waals surface area contributed by atoms with Crippen molar-refractivity contribution in [3.8, 4) is 0 Å². The van der Waals surface area contributed by atoms with Crippen molar-refractivity contribution in [1.82, 2.24) is 9.62 Å². The van der Waals surface area contributed by atoms with Gasteiger partial charge in [0.15, 0.2) is 0 Å². The molecular weight excluding hydrogens is 316 g/mol. The maximum absolute atomic E-state index is 11.5. The number of piperidine rings is 1. The lowest BCUT2D eigenvalue weighted by atomic mass is 10.1. The number of benzene rings is 1. The Morgan fingerprint density at radius 1 is 1.27 bits per heavy atom. The molecular formula is C16H26N2O2S2. The SMILES string of the molecule is CC[C@H](CSc1ccccc1)NC1CCN(S(C)(=O)=O)CC1. The van der Waals surface area contributed by atoms with Crippen LogP contribution in [0.25, 0.3) is 0 Å². The van der Waals surface area contributed by atoms with Gasteiger partial charge in [-0.3, -0.25) is 0 Å². The van der Waals surface area contributed by atoms with Gasteiger partial charge in [-0.15, -0.1) is 11.8 Å². The van der Waals surface area contributed by atoms with E-state index < -0.39 is 10.0 Å². The molecule has 1 aliphatic rings. The van der Waals surface area contributed by atoms with Gasteiger partial charge in [0.2, 0.25) is 10.0 Å². The van der Waals surface area contributed by atoms with E-state index in [1.165, 1.54) is 11.2 Å². The molecule has 2 rings (SSSR count). The summed E-state index contributed by atoms with van der Waals surface area (Å²) < 4.78 is 24.7. The summed E-state index contributed by atoms with van der Waals surface area (Å²) in [7, 11) is -3.03. The Kier molecular flexibility index (Phi) is 6.74. The van der Waals surface area contributed by atoms with Gasteiger partial charge in [0.1, 0.15) is 0 Å². The highest BCUT2D eigenvalue weighted by Gasteiger charge is 2.25. The second kappa shape index (κ2) is 8.34. The molecule has 1 heterocycles. The standard InChI is InChI=1S/C16H26N2O2S2/c1-3-14(13-21-16-7-5-4-6-8-16)17-15-9-11-18(12-10-15)22(2,19)20/h4-8,14-15,17H,3,9-13H2,1-2H3/t14-/m1/s1. The van der Waals surface area contributed by atoms with Crippen LogP contribution in [0, 0.1) is 0 Å². The molecule has 22 heavy (non-hydrogen) atoms. The van der Waals surface area contributed by atoms with Crippen LogP contribution < -0.4 is 5.32 Å². The van der Waals surface area contributed by atoms with Gasteiger partial charge in [0.05, 0.1) is 6.26 Å². The number of nitrogens with one attached hydrogen (secondary N) is 1. The zero-order chi connectivity index (χ0) is 16.0. The quantitative estimate of drug-likeness (QED) is 0.774. The molecule has 0 radical (unpaired) electrons. The molecule has 1 N–H and O–H groups in total. The molecule has 1 saturated heterocycles. The number of thioether (sulfide) groups is 1. The van der Waals surface area contributed by atoms with E-state index >= 15 is 0 Å². The summed E-state index contributed by atoms with van der Waals surface area (Å²) in [5, 5.41) is 3.71. The lowest BCUT2D eigenvalue weighted by Crippen LogP contribution is -2.48. The predicted molar refractivity (Wildman–Crippen MR) is 93.8 cm³/mol. The summed E-state index contributed by atoms with van der Waals surface area (Å²) in [6.07, 6.45) is 4.19. The molecule has 0 amide bonds. The van der Waals surface area contributed by atoms with Crippen molar-refractivity contribution in [2.45, 2.75) is 43.2 Å². The van der Waals surface area contributed by atoms with E-state index in [1.54, 1.807) is 4.31 Å². The highest BCUT2D eigenvalue weighted by molar-refractivity contribution is 7.99. The highest BCUT2D eigenvalue weighted by Crippen LogP contribution is 2.20. The molecule has 1 aromatic carbocycles. The van der Waals surface area contributed by atoms with E-state index in [1.807, 2.05) is 17.8 Å². The minimum atomic E-state index is -3.03. The van der Waals surface area contributed by atoms with Crippen LogP contribution in [-0.4, -0.2) is 49.9 Å². The Morgan fingerprint density at radius 3 is 2.45 bits per heavy atom. The van der Waals surface area contributed by atoms with Gasteiger partial charge in [0, 0.05) is 35.8 Å². The Balaban J connectivity index is 1.77. The van der Waals surface area contributed by atoms with Gasteiger partial charge < -0.3 is 5.32 Å². The lowest BCUT2D eigenvalue weighted by Gasteiger charge is -2.33. The van der Waals surface area contributed by atoms with Crippen LogP contribution in [-0.2, 0) is 10.0 Å². The Hall–Kier alpha value is -0.560. The monoisotopic (exact) mass is 342 g/mol. The summed E-state index contributed by atoms with van der Waals surface area (Å²) in [4.78, 5) is 1.30. The van der Waals surface area contributed by atoms with Crippen LogP contribution >= 0.6 is 11.8 Å². The third kappa shape index (κ3) is 5.57. The summed E-state index contributed by atoms with van der Waals surface area (Å²) in [6.45, 7) is 3.48. The molecule has 0 unspecified atom stereocenters. The topological polar surface area (TPSA) is 49.4 Å².